The van der Waals surface area contributed by atoms with E-state index in [4.69, 9.17) is 4.42 Å². The Morgan fingerprint density at radius 2 is 2.22 bits per heavy atom. The molecule has 0 bridgehead atoms. The SMILES string of the molecule is OC(CNC1CC1)CN(Cc1ccco1)C1CC1. The van der Waals surface area contributed by atoms with Gasteiger partial charge in [0, 0.05) is 25.2 Å². The molecule has 1 atom stereocenters. The number of hydrogen-bond acceptors (Lipinski definition) is 4. The number of furan rings is 1. The van der Waals surface area contributed by atoms with Gasteiger partial charge in [-0.1, -0.05) is 0 Å². The molecule has 0 radical (unpaired) electrons. The highest BCUT2D eigenvalue weighted by Crippen LogP contribution is 2.28. The lowest BCUT2D eigenvalue weighted by Crippen LogP contribution is -2.39. The van der Waals surface area contributed by atoms with Gasteiger partial charge in [-0.15, -0.1) is 0 Å². The van der Waals surface area contributed by atoms with Gasteiger partial charge >= 0.3 is 0 Å². The van der Waals surface area contributed by atoms with Crippen molar-refractivity contribution in [1.29, 1.82) is 0 Å². The average molecular weight is 250 g/mol. The maximum Gasteiger partial charge on any atom is 0.117 e. The average Bonchev–Trinajstić information content (AvgIpc) is 3.27. The Labute approximate surface area is 108 Å². The van der Waals surface area contributed by atoms with E-state index in [1.807, 2.05) is 12.1 Å². The second-order valence-electron chi connectivity index (χ2n) is 5.58. The Morgan fingerprint density at radius 3 is 2.83 bits per heavy atom. The lowest BCUT2D eigenvalue weighted by Gasteiger charge is -2.24. The minimum Gasteiger partial charge on any atom is -0.468 e. The van der Waals surface area contributed by atoms with Crippen molar-refractivity contribution in [3.05, 3.63) is 24.2 Å². The quantitative estimate of drug-likeness (QED) is 0.731. The molecule has 2 aliphatic carbocycles. The van der Waals surface area contributed by atoms with Crippen LogP contribution in [0.5, 0.6) is 0 Å². The van der Waals surface area contributed by atoms with Crippen molar-refractivity contribution in [3.63, 3.8) is 0 Å². The molecule has 100 valence electrons. The maximum atomic E-state index is 10.1. The molecule has 0 saturated heterocycles. The fourth-order valence-electron chi connectivity index (χ4n) is 2.31. The predicted octanol–water partition coefficient (Wildman–Crippen LogP) is 1.36. The zero-order valence-corrected chi connectivity index (χ0v) is 10.7. The van der Waals surface area contributed by atoms with Crippen LogP contribution in [0.4, 0.5) is 0 Å². The molecule has 0 spiro atoms. The first-order chi connectivity index (χ1) is 8.81. The Hall–Kier alpha value is -0.840. The van der Waals surface area contributed by atoms with Gasteiger partial charge in [-0.3, -0.25) is 4.90 Å². The van der Waals surface area contributed by atoms with Crippen LogP contribution < -0.4 is 5.32 Å². The molecule has 2 aliphatic rings. The molecule has 0 aliphatic heterocycles. The van der Waals surface area contributed by atoms with Gasteiger partial charge in [0.1, 0.15) is 5.76 Å². The van der Waals surface area contributed by atoms with E-state index in [-0.39, 0.29) is 6.10 Å². The molecule has 4 nitrogen and oxygen atoms in total. The van der Waals surface area contributed by atoms with Crippen LogP contribution >= 0.6 is 0 Å². The molecule has 1 heterocycles. The van der Waals surface area contributed by atoms with Crippen LogP contribution in [-0.4, -0.2) is 41.3 Å². The minimum atomic E-state index is -0.277. The summed E-state index contributed by atoms with van der Waals surface area (Å²) in [5, 5.41) is 13.4. The van der Waals surface area contributed by atoms with Gasteiger partial charge in [-0.05, 0) is 37.8 Å². The van der Waals surface area contributed by atoms with Crippen LogP contribution in [-0.2, 0) is 6.54 Å². The predicted molar refractivity (Wildman–Crippen MR) is 69.2 cm³/mol. The molecular weight excluding hydrogens is 228 g/mol. The Bertz CT molecular complexity index is 358. The van der Waals surface area contributed by atoms with Crippen molar-refractivity contribution in [2.75, 3.05) is 13.1 Å². The summed E-state index contributed by atoms with van der Waals surface area (Å²) in [5.74, 6) is 0.990. The van der Waals surface area contributed by atoms with Crippen molar-refractivity contribution in [1.82, 2.24) is 10.2 Å². The van der Waals surface area contributed by atoms with Gasteiger partial charge in [0.25, 0.3) is 0 Å². The first-order valence-corrected chi connectivity index (χ1v) is 6.99. The molecule has 2 N–H and O–H groups in total. The molecule has 2 fully saturated rings. The van der Waals surface area contributed by atoms with Crippen LogP contribution in [0.2, 0.25) is 0 Å². The standard InChI is InChI=1S/C14H22N2O2/c17-13(8-15-11-3-4-11)9-16(12-5-6-12)10-14-2-1-7-18-14/h1-2,7,11-13,15,17H,3-6,8-10H2. The van der Waals surface area contributed by atoms with E-state index in [1.165, 1.54) is 25.7 Å². The Morgan fingerprint density at radius 1 is 1.39 bits per heavy atom. The van der Waals surface area contributed by atoms with Crippen molar-refractivity contribution in [2.45, 2.75) is 50.4 Å². The van der Waals surface area contributed by atoms with E-state index >= 15 is 0 Å². The number of nitrogens with zero attached hydrogens (tertiary/aromatic N) is 1. The lowest BCUT2D eigenvalue weighted by molar-refractivity contribution is 0.0985. The lowest BCUT2D eigenvalue weighted by atomic mass is 10.3. The maximum absolute atomic E-state index is 10.1. The summed E-state index contributed by atoms with van der Waals surface area (Å²) in [4.78, 5) is 2.35. The number of hydrogen-bond donors (Lipinski definition) is 2. The first-order valence-electron chi connectivity index (χ1n) is 6.99. The van der Waals surface area contributed by atoms with Crippen LogP contribution in [0.15, 0.2) is 22.8 Å². The molecule has 1 aromatic rings. The van der Waals surface area contributed by atoms with Gasteiger partial charge in [-0.25, -0.2) is 0 Å². The second kappa shape index (κ2) is 5.43. The zero-order valence-electron chi connectivity index (χ0n) is 10.7. The molecule has 1 unspecified atom stereocenters. The smallest absolute Gasteiger partial charge is 0.117 e. The third-order valence-electron chi connectivity index (χ3n) is 3.67. The fraction of sp³-hybridized carbons (Fsp3) is 0.714. The minimum absolute atomic E-state index is 0.277. The summed E-state index contributed by atoms with van der Waals surface area (Å²) in [5.41, 5.74) is 0. The van der Waals surface area contributed by atoms with Crippen molar-refractivity contribution >= 4 is 0 Å². The number of aliphatic hydroxyl groups excluding tert-OH is 1. The van der Waals surface area contributed by atoms with E-state index in [9.17, 15) is 5.11 Å². The third kappa shape index (κ3) is 3.57. The molecule has 3 rings (SSSR count). The van der Waals surface area contributed by atoms with E-state index in [0.29, 0.717) is 18.6 Å². The largest absolute Gasteiger partial charge is 0.468 e. The molecule has 0 amide bonds. The van der Waals surface area contributed by atoms with Gasteiger partial charge in [-0.2, -0.15) is 0 Å². The topological polar surface area (TPSA) is 48.6 Å². The van der Waals surface area contributed by atoms with E-state index in [0.717, 1.165) is 18.8 Å². The summed E-state index contributed by atoms with van der Waals surface area (Å²) in [6, 6.07) is 5.24. The Balaban J connectivity index is 1.46. The van der Waals surface area contributed by atoms with Gasteiger partial charge in [0.05, 0.1) is 18.9 Å². The van der Waals surface area contributed by atoms with Crippen molar-refractivity contribution in [3.8, 4) is 0 Å². The monoisotopic (exact) mass is 250 g/mol. The number of aliphatic hydroxyl groups is 1. The highest BCUT2D eigenvalue weighted by Gasteiger charge is 2.31. The van der Waals surface area contributed by atoms with Crippen LogP contribution in [0.25, 0.3) is 0 Å². The third-order valence-corrected chi connectivity index (χ3v) is 3.67. The summed E-state index contributed by atoms with van der Waals surface area (Å²) < 4.78 is 5.39. The van der Waals surface area contributed by atoms with Crippen LogP contribution in [0.3, 0.4) is 0 Å². The second-order valence-corrected chi connectivity index (χ2v) is 5.58. The molecule has 18 heavy (non-hydrogen) atoms. The van der Waals surface area contributed by atoms with Crippen LogP contribution in [0.1, 0.15) is 31.4 Å². The van der Waals surface area contributed by atoms with E-state index in [2.05, 4.69) is 10.2 Å². The summed E-state index contributed by atoms with van der Waals surface area (Å²) >= 11 is 0. The summed E-state index contributed by atoms with van der Waals surface area (Å²) in [7, 11) is 0. The fourth-order valence-corrected chi connectivity index (χ4v) is 2.31. The van der Waals surface area contributed by atoms with E-state index < -0.39 is 0 Å². The van der Waals surface area contributed by atoms with Crippen LogP contribution in [0, 0.1) is 0 Å². The molecule has 2 saturated carbocycles. The van der Waals surface area contributed by atoms with Gasteiger partial charge in [0.15, 0.2) is 0 Å². The summed E-state index contributed by atoms with van der Waals surface area (Å²) in [6.45, 7) is 2.27. The van der Waals surface area contributed by atoms with Crippen molar-refractivity contribution in [2.24, 2.45) is 0 Å². The van der Waals surface area contributed by atoms with Gasteiger partial charge in [0.2, 0.25) is 0 Å². The highest BCUT2D eigenvalue weighted by atomic mass is 16.3. The molecule has 0 aromatic carbocycles. The molecule has 4 heteroatoms. The number of rotatable bonds is 8. The summed E-state index contributed by atoms with van der Waals surface area (Å²) in [6.07, 6.45) is 6.48. The molecule has 1 aromatic heterocycles. The first kappa shape index (κ1) is 12.2. The molecular formula is C14H22N2O2. The van der Waals surface area contributed by atoms with Crippen molar-refractivity contribution < 1.29 is 9.52 Å². The normalized spacial score (nSPS) is 21.4. The zero-order chi connectivity index (χ0) is 12.4. The highest BCUT2D eigenvalue weighted by molar-refractivity contribution is 5.00. The van der Waals surface area contributed by atoms with E-state index in [1.54, 1.807) is 6.26 Å². The van der Waals surface area contributed by atoms with Gasteiger partial charge < -0.3 is 14.8 Å². The Kier molecular flexibility index (Phi) is 3.68. The number of nitrogens with one attached hydrogen (secondary N) is 1.